The molecule has 0 aliphatic rings. The van der Waals surface area contributed by atoms with Gasteiger partial charge in [-0.25, -0.2) is 0 Å². The van der Waals surface area contributed by atoms with Gasteiger partial charge >= 0.3 is 5.97 Å². The van der Waals surface area contributed by atoms with Crippen molar-refractivity contribution in [1.82, 2.24) is 0 Å². The van der Waals surface area contributed by atoms with Crippen molar-refractivity contribution in [2.75, 3.05) is 54.1 Å². The highest BCUT2D eigenvalue weighted by molar-refractivity contribution is 7.45. The Kier molecular flexibility index (Phi) is 43.0. The molecule has 0 saturated carbocycles. The molecule has 0 amide bonds. The summed E-state index contributed by atoms with van der Waals surface area (Å²) in [5.41, 5.74) is 0. The molecule has 0 spiro atoms. The van der Waals surface area contributed by atoms with Gasteiger partial charge in [-0.2, -0.15) is 0 Å². The monoisotopic (exact) mass is 876 g/mol. The van der Waals surface area contributed by atoms with E-state index in [4.69, 9.17) is 18.5 Å². The Hall–Kier alpha value is -2.06. The molecule has 0 fully saturated rings. The van der Waals surface area contributed by atoms with Crippen molar-refractivity contribution < 1.29 is 37.3 Å². The van der Waals surface area contributed by atoms with E-state index in [0.29, 0.717) is 24.1 Å². The van der Waals surface area contributed by atoms with Crippen LogP contribution in [0.3, 0.4) is 0 Å². The lowest BCUT2D eigenvalue weighted by atomic mass is 10.1. The molecule has 0 rings (SSSR count). The molecule has 0 bridgehead atoms. The van der Waals surface area contributed by atoms with Crippen molar-refractivity contribution in [2.45, 2.75) is 200 Å². The molecule has 0 aromatic rings. The predicted molar refractivity (Wildman–Crippen MR) is 259 cm³/mol. The molecule has 0 aromatic heterocycles. The van der Waals surface area contributed by atoms with Gasteiger partial charge in [-0.15, -0.1) is 0 Å². The lowest BCUT2D eigenvalue weighted by molar-refractivity contribution is -0.870. The zero-order valence-corrected chi connectivity index (χ0v) is 41.0. The fraction of sp³-hybridized carbons (Fsp3) is 0.750. The average molecular weight is 876 g/mol. The highest BCUT2D eigenvalue weighted by Gasteiger charge is 2.20. The number of phosphoric acid groups is 1. The molecule has 0 heterocycles. The largest absolute Gasteiger partial charge is 0.756 e. The molecule has 61 heavy (non-hydrogen) atoms. The highest BCUT2D eigenvalue weighted by Crippen LogP contribution is 2.38. The van der Waals surface area contributed by atoms with E-state index in [1.54, 1.807) is 0 Å². The van der Waals surface area contributed by atoms with Gasteiger partial charge in [0.05, 0.1) is 34.4 Å². The molecular formula is C52H94NO7P. The molecule has 2 atom stereocenters. The predicted octanol–water partition coefficient (Wildman–Crippen LogP) is 14.4. The Balaban J connectivity index is 4.21. The number of likely N-dealkylation sites (N-methyl/N-ethyl adjacent to an activating group) is 1. The molecule has 9 heteroatoms. The number of esters is 1. The molecule has 0 N–H and O–H groups in total. The Morgan fingerprint density at radius 1 is 0.525 bits per heavy atom. The Bertz CT molecular complexity index is 1200. The van der Waals surface area contributed by atoms with Crippen LogP contribution in [0.1, 0.15) is 194 Å². The third-order valence-corrected chi connectivity index (χ3v) is 11.2. The maximum atomic E-state index is 12.7. The first-order chi connectivity index (χ1) is 29.6. The minimum Gasteiger partial charge on any atom is -0.756 e. The number of phosphoric ester groups is 1. The summed E-state index contributed by atoms with van der Waals surface area (Å²) in [6, 6.07) is 0. The third kappa shape index (κ3) is 48.8. The summed E-state index contributed by atoms with van der Waals surface area (Å²) in [5, 5.41) is 0. The Labute approximate surface area is 376 Å². The van der Waals surface area contributed by atoms with Crippen LogP contribution in [-0.2, 0) is 27.9 Å². The molecule has 8 nitrogen and oxygen atoms in total. The topological polar surface area (TPSA) is 94.1 Å². The van der Waals surface area contributed by atoms with Gasteiger partial charge in [-0.1, -0.05) is 177 Å². The van der Waals surface area contributed by atoms with E-state index in [2.05, 4.69) is 86.8 Å². The summed E-state index contributed by atoms with van der Waals surface area (Å²) in [5.74, 6) is -0.349. The van der Waals surface area contributed by atoms with Crippen molar-refractivity contribution in [1.29, 1.82) is 0 Å². The minimum atomic E-state index is -4.54. The standard InChI is InChI=1S/C52H94NO7P/c1-6-8-10-12-14-16-18-20-22-24-25-26-27-28-29-30-31-33-35-37-39-41-43-45-52(54)60-51(50-59-61(55,56)58-48-46-53(3,4)5)49-57-47-44-42-40-38-36-34-32-23-21-19-17-15-13-11-9-7-2/h8,10,14,16,20-23,25-26,28-29,51H,6-7,9,11-13,15,17-19,24,27,30-50H2,1-5H3/b10-8-,16-14-,22-20-,23-21-,26-25-,29-28-. The molecule has 0 aliphatic heterocycles. The van der Waals surface area contributed by atoms with E-state index in [1.165, 1.54) is 96.3 Å². The zero-order valence-electron chi connectivity index (χ0n) is 40.1. The van der Waals surface area contributed by atoms with Crippen LogP contribution in [0.2, 0.25) is 0 Å². The number of nitrogens with zero attached hydrogens (tertiary/aromatic N) is 1. The average Bonchev–Trinajstić information content (AvgIpc) is 3.22. The van der Waals surface area contributed by atoms with Crippen LogP contribution in [-0.4, -0.2) is 70.7 Å². The quantitative estimate of drug-likeness (QED) is 0.0198. The maximum absolute atomic E-state index is 12.7. The second-order valence-corrected chi connectivity index (χ2v) is 18.8. The van der Waals surface area contributed by atoms with Crippen molar-refractivity contribution in [2.24, 2.45) is 0 Å². The Morgan fingerprint density at radius 3 is 1.44 bits per heavy atom. The first-order valence-corrected chi connectivity index (χ1v) is 26.1. The van der Waals surface area contributed by atoms with E-state index in [1.807, 2.05) is 21.1 Å². The number of rotatable bonds is 45. The summed E-state index contributed by atoms with van der Waals surface area (Å²) in [7, 11) is 1.34. The molecule has 354 valence electrons. The van der Waals surface area contributed by atoms with Crippen molar-refractivity contribution in [3.05, 3.63) is 72.9 Å². The number of hydrogen-bond donors (Lipinski definition) is 0. The summed E-state index contributed by atoms with van der Waals surface area (Å²) in [6.07, 6.45) is 57.7. The lowest BCUT2D eigenvalue weighted by Crippen LogP contribution is -2.37. The molecule has 0 aromatic carbocycles. The maximum Gasteiger partial charge on any atom is 0.306 e. The van der Waals surface area contributed by atoms with Crippen LogP contribution >= 0.6 is 7.82 Å². The number of hydrogen-bond acceptors (Lipinski definition) is 7. The number of ether oxygens (including phenoxy) is 2. The van der Waals surface area contributed by atoms with E-state index < -0.39 is 13.9 Å². The van der Waals surface area contributed by atoms with Crippen LogP contribution in [0.25, 0.3) is 0 Å². The minimum absolute atomic E-state index is 0.0193. The Morgan fingerprint density at radius 2 is 0.951 bits per heavy atom. The lowest BCUT2D eigenvalue weighted by Gasteiger charge is -2.28. The van der Waals surface area contributed by atoms with Crippen LogP contribution in [0.4, 0.5) is 0 Å². The first-order valence-electron chi connectivity index (χ1n) is 24.7. The van der Waals surface area contributed by atoms with Gasteiger partial charge in [-0.3, -0.25) is 9.36 Å². The molecule has 2 unspecified atom stereocenters. The number of carbonyl (C=O) groups is 1. The second kappa shape index (κ2) is 44.5. The van der Waals surface area contributed by atoms with Crippen molar-refractivity contribution >= 4 is 13.8 Å². The number of carbonyl (C=O) groups excluding carboxylic acids is 1. The summed E-state index contributed by atoms with van der Waals surface area (Å²) >= 11 is 0. The summed E-state index contributed by atoms with van der Waals surface area (Å²) in [4.78, 5) is 25.1. The SMILES string of the molecule is CC/C=C\C/C=C\C/C=C\C/C=C\C/C=C\CCCCCCCCCC(=O)OC(COCCCCCCCC/C=C\CCCCCCCC)COP(=O)([O-])OCC[N+](C)(C)C. The van der Waals surface area contributed by atoms with E-state index in [-0.39, 0.29) is 25.8 Å². The first kappa shape index (κ1) is 58.9. The van der Waals surface area contributed by atoms with Crippen LogP contribution in [0.15, 0.2) is 72.9 Å². The zero-order chi connectivity index (χ0) is 44.8. The van der Waals surface area contributed by atoms with E-state index in [9.17, 15) is 14.3 Å². The van der Waals surface area contributed by atoms with Gasteiger partial charge in [-0.05, 0) is 83.5 Å². The second-order valence-electron chi connectivity index (χ2n) is 17.4. The van der Waals surface area contributed by atoms with Gasteiger partial charge in [0.1, 0.15) is 19.3 Å². The number of quaternary nitrogens is 1. The van der Waals surface area contributed by atoms with Gasteiger partial charge in [0, 0.05) is 13.0 Å². The van der Waals surface area contributed by atoms with Crippen molar-refractivity contribution in [3.63, 3.8) is 0 Å². The van der Waals surface area contributed by atoms with Gasteiger partial charge in [0.2, 0.25) is 0 Å². The van der Waals surface area contributed by atoms with Gasteiger partial charge in [0.15, 0.2) is 0 Å². The van der Waals surface area contributed by atoms with E-state index in [0.717, 1.165) is 77.0 Å². The van der Waals surface area contributed by atoms with Crippen molar-refractivity contribution in [3.8, 4) is 0 Å². The van der Waals surface area contributed by atoms with Crippen LogP contribution < -0.4 is 4.89 Å². The highest BCUT2D eigenvalue weighted by atomic mass is 31.2. The smallest absolute Gasteiger partial charge is 0.306 e. The van der Waals surface area contributed by atoms with Gasteiger partial charge in [0.25, 0.3) is 7.82 Å². The molecule has 0 radical (unpaired) electrons. The summed E-state index contributed by atoms with van der Waals surface area (Å²) in [6.45, 7) is 5.26. The molecular weight excluding hydrogens is 782 g/mol. The number of unbranched alkanes of at least 4 members (excludes halogenated alkanes) is 19. The van der Waals surface area contributed by atoms with Crippen LogP contribution in [0.5, 0.6) is 0 Å². The normalized spacial score (nSPS) is 14.3. The fourth-order valence-corrected chi connectivity index (χ4v) is 7.18. The third-order valence-electron chi connectivity index (χ3n) is 10.2. The number of allylic oxidation sites excluding steroid dienone is 12. The molecule has 0 saturated heterocycles. The molecule has 0 aliphatic carbocycles. The fourth-order valence-electron chi connectivity index (χ4n) is 6.45. The van der Waals surface area contributed by atoms with Gasteiger partial charge < -0.3 is 27.9 Å². The van der Waals surface area contributed by atoms with Crippen LogP contribution in [0, 0.1) is 0 Å². The van der Waals surface area contributed by atoms with E-state index >= 15 is 0 Å². The summed E-state index contributed by atoms with van der Waals surface area (Å²) < 4.78 is 34.7.